The number of nitrogens with zero attached hydrogens (tertiary/aromatic N) is 1. The average Bonchev–Trinajstić information content (AvgIpc) is 3.16. The van der Waals surface area contributed by atoms with E-state index < -0.39 is 6.04 Å². The van der Waals surface area contributed by atoms with Gasteiger partial charge in [-0.1, -0.05) is 46.8 Å². The van der Waals surface area contributed by atoms with Gasteiger partial charge in [-0.3, -0.25) is 14.5 Å². The fraction of sp³-hybridized carbons (Fsp3) is 0.172. The van der Waals surface area contributed by atoms with Crippen molar-refractivity contribution < 1.29 is 18.7 Å². The predicted octanol–water partition coefficient (Wildman–Crippen LogP) is 6.58. The molecule has 1 unspecified atom stereocenters. The topological polar surface area (TPSA) is 69.0 Å². The van der Waals surface area contributed by atoms with Crippen molar-refractivity contribution >= 4 is 38.5 Å². The molecule has 5 rings (SSSR count). The quantitative estimate of drug-likeness (QED) is 0.245. The maximum atomic E-state index is 13.8. The zero-order valence-corrected chi connectivity index (χ0v) is 21.5. The second-order valence-corrected chi connectivity index (χ2v) is 9.39. The van der Waals surface area contributed by atoms with Crippen LogP contribution in [0, 0.1) is 6.92 Å². The second kappa shape index (κ2) is 9.66. The van der Waals surface area contributed by atoms with Gasteiger partial charge in [0.25, 0.3) is 5.91 Å². The van der Waals surface area contributed by atoms with Gasteiger partial charge in [0.15, 0.2) is 16.9 Å². The van der Waals surface area contributed by atoms with Crippen LogP contribution in [0.5, 0.6) is 11.5 Å². The molecule has 0 saturated heterocycles. The molecule has 182 valence electrons. The number of benzene rings is 3. The van der Waals surface area contributed by atoms with E-state index in [1.54, 1.807) is 35.2 Å². The lowest BCUT2D eigenvalue weighted by atomic mass is 9.97. The molecule has 0 spiro atoms. The molecule has 0 N–H and O–H groups in total. The maximum Gasteiger partial charge on any atom is 0.295 e. The summed E-state index contributed by atoms with van der Waals surface area (Å²) in [5.74, 6) is 0.759. The molecule has 0 aliphatic carbocycles. The van der Waals surface area contributed by atoms with E-state index in [1.165, 1.54) is 0 Å². The van der Waals surface area contributed by atoms with Crippen molar-refractivity contribution in [2.24, 2.45) is 0 Å². The number of halogens is 1. The Bertz CT molecular complexity index is 1560. The third-order valence-electron chi connectivity index (χ3n) is 6.05. The highest BCUT2D eigenvalue weighted by molar-refractivity contribution is 9.10. The number of carbonyl (C=O) groups is 1. The van der Waals surface area contributed by atoms with E-state index in [0.29, 0.717) is 52.5 Å². The highest BCUT2D eigenvalue weighted by Crippen LogP contribution is 2.43. The minimum atomic E-state index is -0.707. The van der Waals surface area contributed by atoms with E-state index >= 15 is 0 Å². The van der Waals surface area contributed by atoms with Crippen LogP contribution in [0.1, 0.15) is 40.2 Å². The first kappa shape index (κ1) is 23.9. The van der Waals surface area contributed by atoms with Gasteiger partial charge in [-0.2, -0.15) is 0 Å². The normalized spacial score (nSPS) is 14.7. The highest BCUT2D eigenvalue weighted by Gasteiger charge is 2.44. The average molecular weight is 546 g/mol. The summed E-state index contributed by atoms with van der Waals surface area (Å²) in [6.45, 7) is 8.29. The summed E-state index contributed by atoms with van der Waals surface area (Å²) in [4.78, 5) is 29.2. The molecule has 1 amide bonds. The van der Waals surface area contributed by atoms with Crippen LogP contribution in [0.25, 0.3) is 11.0 Å². The molecule has 4 aromatic rings. The molecule has 0 radical (unpaired) electrons. The lowest BCUT2D eigenvalue weighted by Gasteiger charge is -2.26. The van der Waals surface area contributed by atoms with Gasteiger partial charge in [-0.15, -0.1) is 0 Å². The van der Waals surface area contributed by atoms with Crippen molar-refractivity contribution in [1.82, 2.24) is 0 Å². The molecule has 36 heavy (non-hydrogen) atoms. The van der Waals surface area contributed by atoms with Crippen LogP contribution in [-0.2, 0) is 0 Å². The number of hydrogen-bond donors (Lipinski definition) is 0. The maximum absolute atomic E-state index is 13.8. The van der Waals surface area contributed by atoms with Gasteiger partial charge in [0, 0.05) is 10.2 Å². The van der Waals surface area contributed by atoms with Crippen LogP contribution in [0.15, 0.2) is 87.0 Å². The molecule has 1 atom stereocenters. The molecule has 1 aliphatic rings. The van der Waals surface area contributed by atoms with Gasteiger partial charge < -0.3 is 13.9 Å². The number of carbonyl (C=O) groups excluding carboxylic acids is 1. The molecular weight excluding hydrogens is 522 g/mol. The third kappa shape index (κ3) is 4.09. The molecule has 0 saturated carbocycles. The van der Waals surface area contributed by atoms with Gasteiger partial charge in [0.05, 0.1) is 23.6 Å². The Kier molecular flexibility index (Phi) is 6.41. The summed E-state index contributed by atoms with van der Waals surface area (Å²) < 4.78 is 18.4. The zero-order valence-electron chi connectivity index (χ0n) is 19.9. The van der Waals surface area contributed by atoms with Gasteiger partial charge in [0.2, 0.25) is 5.76 Å². The summed E-state index contributed by atoms with van der Waals surface area (Å²) in [6, 6.07) is 17.6. The van der Waals surface area contributed by atoms with Crippen molar-refractivity contribution in [3.8, 4) is 11.5 Å². The van der Waals surface area contributed by atoms with Gasteiger partial charge in [-0.05, 0) is 67.4 Å². The number of aryl methyl sites for hydroxylation is 1. The predicted molar refractivity (Wildman–Crippen MR) is 143 cm³/mol. The number of rotatable bonds is 7. The Morgan fingerprint density at radius 2 is 1.89 bits per heavy atom. The van der Waals surface area contributed by atoms with Gasteiger partial charge in [-0.25, -0.2) is 0 Å². The Hall–Kier alpha value is -3.84. The van der Waals surface area contributed by atoms with Gasteiger partial charge in [0.1, 0.15) is 12.2 Å². The minimum absolute atomic E-state index is 0.0475. The first-order valence-electron chi connectivity index (χ1n) is 11.6. The largest absolute Gasteiger partial charge is 0.490 e. The number of ether oxygens (including phenoxy) is 2. The molecule has 0 bridgehead atoms. The Balaban J connectivity index is 1.76. The van der Waals surface area contributed by atoms with Crippen molar-refractivity contribution in [2.45, 2.75) is 19.9 Å². The van der Waals surface area contributed by atoms with E-state index in [9.17, 15) is 9.59 Å². The molecule has 1 aromatic heterocycles. The molecule has 3 aromatic carbocycles. The first-order chi connectivity index (χ1) is 17.4. The molecule has 1 aliphatic heterocycles. The number of fused-ring (bicyclic) bond motifs is 2. The van der Waals surface area contributed by atoms with E-state index in [0.717, 1.165) is 10.0 Å². The SMILES string of the molecule is C=CCOc1ccc(C2c3c(oc4ccc(Br)cc4c3=O)C(=O)N2c2cccc(C)c2)cc1OCC. The lowest BCUT2D eigenvalue weighted by Crippen LogP contribution is -2.29. The first-order valence-corrected chi connectivity index (χ1v) is 12.4. The number of anilines is 1. The Labute approximate surface area is 216 Å². The van der Waals surface area contributed by atoms with Crippen LogP contribution >= 0.6 is 15.9 Å². The molecule has 6 nitrogen and oxygen atoms in total. The fourth-order valence-corrected chi connectivity index (χ4v) is 4.90. The van der Waals surface area contributed by atoms with Gasteiger partial charge >= 0.3 is 0 Å². The van der Waals surface area contributed by atoms with E-state index in [4.69, 9.17) is 13.9 Å². The summed E-state index contributed by atoms with van der Waals surface area (Å²) in [5.41, 5.74) is 2.79. The van der Waals surface area contributed by atoms with Crippen LogP contribution in [-0.4, -0.2) is 19.1 Å². The summed E-state index contributed by atoms with van der Waals surface area (Å²) >= 11 is 3.44. The Morgan fingerprint density at radius 1 is 1.06 bits per heavy atom. The monoisotopic (exact) mass is 545 g/mol. The smallest absolute Gasteiger partial charge is 0.295 e. The fourth-order valence-electron chi connectivity index (χ4n) is 4.54. The van der Waals surface area contributed by atoms with Crippen molar-refractivity contribution in [2.75, 3.05) is 18.1 Å². The molecule has 2 heterocycles. The van der Waals surface area contributed by atoms with Crippen molar-refractivity contribution in [3.63, 3.8) is 0 Å². The summed E-state index contributed by atoms with van der Waals surface area (Å²) in [6.07, 6.45) is 1.66. The number of amides is 1. The van der Waals surface area contributed by atoms with Crippen molar-refractivity contribution in [1.29, 1.82) is 0 Å². The van der Waals surface area contributed by atoms with Crippen molar-refractivity contribution in [3.05, 3.63) is 110 Å². The molecule has 0 fully saturated rings. The van der Waals surface area contributed by atoms with Crippen LogP contribution in [0.3, 0.4) is 0 Å². The van der Waals surface area contributed by atoms with Crippen LogP contribution in [0.4, 0.5) is 5.69 Å². The molecule has 7 heteroatoms. The minimum Gasteiger partial charge on any atom is -0.490 e. The van der Waals surface area contributed by atoms with Crippen LogP contribution < -0.4 is 19.8 Å². The third-order valence-corrected chi connectivity index (χ3v) is 6.55. The molecular formula is C29H24BrNO5. The van der Waals surface area contributed by atoms with E-state index in [1.807, 2.05) is 50.2 Å². The number of hydrogen-bond acceptors (Lipinski definition) is 5. The summed E-state index contributed by atoms with van der Waals surface area (Å²) in [5, 5.41) is 0.406. The van der Waals surface area contributed by atoms with E-state index in [2.05, 4.69) is 22.5 Å². The zero-order chi connectivity index (χ0) is 25.4. The van der Waals surface area contributed by atoms with E-state index in [-0.39, 0.29) is 17.1 Å². The summed E-state index contributed by atoms with van der Waals surface area (Å²) in [7, 11) is 0. The standard InChI is InChI=1S/C29H24BrNO5/c1-4-13-35-23-11-9-18(15-24(23)34-5-2)26-25-27(32)21-16-19(30)10-12-22(21)36-28(25)29(33)31(26)20-8-6-7-17(3)14-20/h4,6-12,14-16,26H,1,5,13H2,2-3H3. The van der Waals surface area contributed by atoms with Crippen LogP contribution in [0.2, 0.25) is 0 Å². The second-order valence-electron chi connectivity index (χ2n) is 8.47. The Morgan fingerprint density at radius 3 is 2.64 bits per heavy atom. The highest BCUT2D eigenvalue weighted by atomic mass is 79.9. The lowest BCUT2D eigenvalue weighted by molar-refractivity contribution is 0.0971.